The lowest BCUT2D eigenvalue weighted by atomic mass is 10.1. The molecule has 0 radical (unpaired) electrons. The van der Waals surface area contributed by atoms with E-state index in [0.717, 1.165) is 37.6 Å². The summed E-state index contributed by atoms with van der Waals surface area (Å²) in [6.07, 6.45) is 1.15. The van der Waals surface area contributed by atoms with Crippen molar-refractivity contribution in [3.05, 3.63) is 36.0 Å². The van der Waals surface area contributed by atoms with Gasteiger partial charge in [-0.25, -0.2) is 4.98 Å². The summed E-state index contributed by atoms with van der Waals surface area (Å²) in [5.41, 5.74) is 1.10. The quantitative estimate of drug-likeness (QED) is 0.765. The van der Waals surface area contributed by atoms with Crippen LogP contribution in [0.3, 0.4) is 0 Å². The molecule has 1 aromatic heterocycles. The van der Waals surface area contributed by atoms with Crippen molar-refractivity contribution in [2.45, 2.75) is 26.8 Å². The highest BCUT2D eigenvalue weighted by Crippen LogP contribution is 2.22. The van der Waals surface area contributed by atoms with Crippen molar-refractivity contribution in [3.8, 4) is 0 Å². The molecule has 0 fully saturated rings. The molecule has 0 saturated carbocycles. The molecule has 0 spiro atoms. The van der Waals surface area contributed by atoms with Crippen LogP contribution >= 0.6 is 0 Å². The van der Waals surface area contributed by atoms with Crippen LogP contribution in [-0.4, -0.2) is 18.1 Å². The smallest absolute Gasteiger partial charge is 0.134 e. The Kier molecular flexibility index (Phi) is 4.53. The Morgan fingerprint density at radius 3 is 2.78 bits per heavy atom. The number of fused-ring (bicyclic) bond motifs is 1. The molecule has 1 aromatic carbocycles. The number of hydrogen-bond acceptors (Lipinski definition) is 3. The van der Waals surface area contributed by atoms with Crippen LogP contribution < -0.4 is 10.6 Å². The molecule has 18 heavy (non-hydrogen) atoms. The molecule has 0 aliphatic rings. The molecule has 3 nitrogen and oxygen atoms in total. The van der Waals surface area contributed by atoms with Gasteiger partial charge >= 0.3 is 0 Å². The second kappa shape index (κ2) is 6.36. The Balaban J connectivity index is 2.31. The van der Waals surface area contributed by atoms with Gasteiger partial charge < -0.3 is 10.6 Å². The van der Waals surface area contributed by atoms with Gasteiger partial charge in [-0.2, -0.15) is 0 Å². The van der Waals surface area contributed by atoms with Crippen molar-refractivity contribution in [2.75, 3.05) is 18.4 Å². The van der Waals surface area contributed by atoms with Gasteiger partial charge in [0.25, 0.3) is 0 Å². The summed E-state index contributed by atoms with van der Waals surface area (Å²) in [6.45, 7) is 7.02. The summed E-state index contributed by atoms with van der Waals surface area (Å²) < 4.78 is 0. The van der Waals surface area contributed by atoms with E-state index in [2.05, 4.69) is 59.8 Å². The number of hydrogen-bond donors (Lipinski definition) is 2. The monoisotopic (exact) mass is 243 g/mol. The van der Waals surface area contributed by atoms with Crippen LogP contribution in [0.1, 0.15) is 26.0 Å². The first-order chi connectivity index (χ1) is 8.85. The van der Waals surface area contributed by atoms with Gasteiger partial charge in [0.05, 0.1) is 5.69 Å². The fourth-order valence-electron chi connectivity index (χ4n) is 2.04. The standard InChI is InChI=1S/C15H21N3/c1-3-9-16-11-13-10-12-7-5-6-8-14(12)15(18-13)17-4-2/h5-8,10,16H,3-4,9,11H2,1-2H3,(H,17,18). The van der Waals surface area contributed by atoms with E-state index in [0.29, 0.717) is 0 Å². The van der Waals surface area contributed by atoms with Crippen molar-refractivity contribution in [3.63, 3.8) is 0 Å². The number of nitrogens with zero attached hydrogens (tertiary/aromatic N) is 1. The van der Waals surface area contributed by atoms with Crippen LogP contribution in [0.5, 0.6) is 0 Å². The van der Waals surface area contributed by atoms with Crippen molar-refractivity contribution in [1.29, 1.82) is 0 Å². The molecule has 2 aromatic rings. The fourth-order valence-corrected chi connectivity index (χ4v) is 2.04. The fraction of sp³-hybridized carbons (Fsp3) is 0.400. The molecule has 96 valence electrons. The highest BCUT2D eigenvalue weighted by Gasteiger charge is 2.04. The van der Waals surface area contributed by atoms with E-state index < -0.39 is 0 Å². The van der Waals surface area contributed by atoms with Crippen molar-refractivity contribution in [2.24, 2.45) is 0 Å². The molecule has 0 atom stereocenters. The first kappa shape index (κ1) is 12.8. The third-order valence-corrected chi connectivity index (χ3v) is 2.87. The number of anilines is 1. The summed E-state index contributed by atoms with van der Waals surface area (Å²) in [5.74, 6) is 0.990. The molecular weight excluding hydrogens is 222 g/mol. The van der Waals surface area contributed by atoms with E-state index >= 15 is 0 Å². The average Bonchev–Trinajstić information content (AvgIpc) is 2.39. The summed E-state index contributed by atoms with van der Waals surface area (Å²) >= 11 is 0. The SMILES string of the molecule is CCCNCc1cc2ccccc2c(NCC)n1. The topological polar surface area (TPSA) is 37.0 Å². The number of rotatable bonds is 6. The van der Waals surface area contributed by atoms with Crippen LogP contribution in [0, 0.1) is 0 Å². The van der Waals surface area contributed by atoms with Crippen LogP contribution in [0.4, 0.5) is 5.82 Å². The number of pyridine rings is 1. The minimum absolute atomic E-state index is 0.830. The minimum Gasteiger partial charge on any atom is -0.370 e. The molecule has 2 N–H and O–H groups in total. The first-order valence-corrected chi connectivity index (χ1v) is 6.68. The molecule has 0 aliphatic heterocycles. The van der Waals surface area contributed by atoms with E-state index in [1.54, 1.807) is 0 Å². The second-order valence-corrected chi connectivity index (χ2v) is 4.39. The normalized spacial score (nSPS) is 10.8. The Morgan fingerprint density at radius 2 is 2.00 bits per heavy atom. The maximum absolute atomic E-state index is 4.69. The molecular formula is C15H21N3. The van der Waals surface area contributed by atoms with Gasteiger partial charge in [0, 0.05) is 18.5 Å². The minimum atomic E-state index is 0.830. The highest BCUT2D eigenvalue weighted by atomic mass is 15.0. The molecule has 0 saturated heterocycles. The third kappa shape index (κ3) is 2.99. The first-order valence-electron chi connectivity index (χ1n) is 6.68. The van der Waals surface area contributed by atoms with E-state index in [-0.39, 0.29) is 0 Å². The van der Waals surface area contributed by atoms with Gasteiger partial charge in [-0.05, 0) is 31.3 Å². The van der Waals surface area contributed by atoms with E-state index in [1.165, 1.54) is 10.8 Å². The largest absolute Gasteiger partial charge is 0.370 e. The Morgan fingerprint density at radius 1 is 1.17 bits per heavy atom. The summed E-state index contributed by atoms with van der Waals surface area (Å²) in [7, 11) is 0. The zero-order chi connectivity index (χ0) is 12.8. The molecule has 3 heteroatoms. The van der Waals surface area contributed by atoms with Gasteiger partial charge in [-0.1, -0.05) is 31.2 Å². The molecule has 0 amide bonds. The number of aromatic nitrogens is 1. The lowest BCUT2D eigenvalue weighted by Gasteiger charge is -2.10. The molecule has 0 bridgehead atoms. The maximum Gasteiger partial charge on any atom is 0.134 e. The van der Waals surface area contributed by atoms with E-state index in [4.69, 9.17) is 0 Å². The van der Waals surface area contributed by atoms with Crippen molar-refractivity contribution < 1.29 is 0 Å². The molecule has 0 unspecified atom stereocenters. The van der Waals surface area contributed by atoms with Crippen LogP contribution in [0.15, 0.2) is 30.3 Å². The third-order valence-electron chi connectivity index (χ3n) is 2.87. The van der Waals surface area contributed by atoms with E-state index in [1.807, 2.05) is 0 Å². The predicted molar refractivity (Wildman–Crippen MR) is 77.9 cm³/mol. The number of nitrogens with one attached hydrogen (secondary N) is 2. The lowest BCUT2D eigenvalue weighted by molar-refractivity contribution is 0.665. The summed E-state index contributed by atoms with van der Waals surface area (Å²) in [5, 5.41) is 9.18. The van der Waals surface area contributed by atoms with Gasteiger partial charge in [0.2, 0.25) is 0 Å². The summed E-state index contributed by atoms with van der Waals surface area (Å²) in [6, 6.07) is 10.5. The van der Waals surface area contributed by atoms with Gasteiger partial charge in [0.15, 0.2) is 0 Å². The van der Waals surface area contributed by atoms with Crippen LogP contribution in [0.25, 0.3) is 10.8 Å². The Labute approximate surface area is 109 Å². The van der Waals surface area contributed by atoms with Crippen LogP contribution in [0.2, 0.25) is 0 Å². The summed E-state index contributed by atoms with van der Waals surface area (Å²) in [4.78, 5) is 4.69. The van der Waals surface area contributed by atoms with Gasteiger partial charge in [0.1, 0.15) is 5.82 Å². The molecule has 2 rings (SSSR count). The zero-order valence-corrected chi connectivity index (χ0v) is 11.2. The maximum atomic E-state index is 4.69. The van der Waals surface area contributed by atoms with Crippen molar-refractivity contribution in [1.82, 2.24) is 10.3 Å². The zero-order valence-electron chi connectivity index (χ0n) is 11.2. The average molecular weight is 243 g/mol. The highest BCUT2D eigenvalue weighted by molar-refractivity contribution is 5.92. The van der Waals surface area contributed by atoms with Crippen LogP contribution in [-0.2, 0) is 6.54 Å². The molecule has 0 aliphatic carbocycles. The second-order valence-electron chi connectivity index (χ2n) is 4.39. The Hall–Kier alpha value is -1.61. The lowest BCUT2D eigenvalue weighted by Crippen LogP contribution is -2.15. The van der Waals surface area contributed by atoms with E-state index in [9.17, 15) is 0 Å². The number of benzene rings is 1. The molecule has 1 heterocycles. The van der Waals surface area contributed by atoms with Gasteiger partial charge in [-0.15, -0.1) is 0 Å². The van der Waals surface area contributed by atoms with Crippen molar-refractivity contribution >= 4 is 16.6 Å². The Bertz CT molecular complexity index is 508. The van der Waals surface area contributed by atoms with Gasteiger partial charge in [-0.3, -0.25) is 0 Å². The predicted octanol–water partition coefficient (Wildman–Crippen LogP) is 3.17.